The van der Waals surface area contributed by atoms with Crippen molar-refractivity contribution in [2.45, 2.75) is 433 Å². The van der Waals surface area contributed by atoms with Gasteiger partial charge in [-0.05, 0) is 43.4 Å². The first-order chi connectivity index (χ1) is 47.8. The van der Waals surface area contributed by atoms with Crippen LogP contribution < -0.4 is 0 Å². The molecule has 0 spiro atoms. The average Bonchev–Trinajstić information content (AvgIpc) is 1.02. The molecule has 7 atom stereocenters. The van der Waals surface area contributed by atoms with Gasteiger partial charge in [-0.3, -0.25) is 37.3 Å². The quantitative estimate of drug-likeness (QED) is 0.0222. The number of unbranched alkanes of at least 4 members (excludes halogenated alkanes) is 44. The molecule has 0 saturated carbocycles. The Hall–Kier alpha value is -1.94. The van der Waals surface area contributed by atoms with Crippen molar-refractivity contribution < 1.29 is 80.2 Å². The molecule has 0 heterocycles. The fourth-order valence-corrected chi connectivity index (χ4v) is 13.8. The number of carbonyl (C=O) groups excluding carboxylic acids is 4. The van der Waals surface area contributed by atoms with E-state index in [-0.39, 0.29) is 25.7 Å². The Labute approximate surface area is 607 Å². The number of carbonyl (C=O) groups is 4. The predicted molar refractivity (Wildman–Crippen MR) is 405 cm³/mol. The molecule has 0 radical (unpaired) electrons. The summed E-state index contributed by atoms with van der Waals surface area (Å²) < 4.78 is 68.7. The number of hydrogen-bond acceptors (Lipinski definition) is 15. The summed E-state index contributed by atoms with van der Waals surface area (Å²) in [5.74, 6) is 0.202. The maximum Gasteiger partial charge on any atom is 0.472 e. The first-order valence-corrected chi connectivity index (χ1v) is 44.4. The van der Waals surface area contributed by atoms with Crippen LogP contribution >= 0.6 is 15.6 Å². The van der Waals surface area contributed by atoms with Gasteiger partial charge in [0.1, 0.15) is 19.3 Å². The van der Waals surface area contributed by atoms with Crippen molar-refractivity contribution in [2.24, 2.45) is 17.8 Å². The Balaban J connectivity index is 5.23. The zero-order chi connectivity index (χ0) is 73.0. The number of ether oxygens (including phenoxy) is 4. The first kappa shape index (κ1) is 97.1. The number of hydrogen-bond donors (Lipinski definition) is 3. The number of rotatable bonds is 78. The van der Waals surface area contributed by atoms with Crippen LogP contribution in [-0.2, 0) is 65.4 Å². The fourth-order valence-electron chi connectivity index (χ4n) is 12.2. The highest BCUT2D eigenvalue weighted by Crippen LogP contribution is 2.45. The van der Waals surface area contributed by atoms with Crippen molar-refractivity contribution in [1.29, 1.82) is 0 Å². The van der Waals surface area contributed by atoms with Gasteiger partial charge in [0.25, 0.3) is 0 Å². The van der Waals surface area contributed by atoms with E-state index in [1.807, 2.05) is 0 Å². The molecule has 0 saturated heterocycles. The lowest BCUT2D eigenvalue weighted by molar-refractivity contribution is -0.161. The van der Waals surface area contributed by atoms with E-state index >= 15 is 0 Å². The lowest BCUT2D eigenvalue weighted by Gasteiger charge is -2.21. The SMILES string of the molecule is CCCCCCCCCCCCCCCCCCCCCCCC(=O)O[C@H](COC(=O)CCCCCCCCCCCCC(C)CC)COP(=O)(O)OC[C@@H](O)COP(=O)(O)OC[C@@H](COC(=O)CCCCCCCCCC(C)C)OC(=O)CCCCCCCCCCCCC(C)CC. The zero-order valence-electron chi connectivity index (χ0n) is 65.0. The van der Waals surface area contributed by atoms with Crippen LogP contribution in [0.3, 0.4) is 0 Å². The Bertz CT molecular complexity index is 1930. The number of phosphoric ester groups is 2. The summed E-state index contributed by atoms with van der Waals surface area (Å²) in [6.45, 7) is 11.9. The molecule has 0 aromatic carbocycles. The smallest absolute Gasteiger partial charge is 0.462 e. The van der Waals surface area contributed by atoms with E-state index in [0.29, 0.717) is 31.6 Å². The van der Waals surface area contributed by atoms with Crippen LogP contribution in [0, 0.1) is 17.8 Å². The Morgan fingerprint density at radius 3 is 0.768 bits per heavy atom. The minimum atomic E-state index is -4.96. The topological polar surface area (TPSA) is 237 Å². The van der Waals surface area contributed by atoms with Gasteiger partial charge in [0, 0.05) is 25.7 Å². The van der Waals surface area contributed by atoms with Crippen LogP contribution in [0.15, 0.2) is 0 Å². The third kappa shape index (κ3) is 71.5. The molecule has 0 aromatic rings. The predicted octanol–water partition coefficient (Wildman–Crippen LogP) is 23.7. The summed E-state index contributed by atoms with van der Waals surface area (Å²) >= 11 is 0. The molecule has 0 aliphatic rings. The molecule has 99 heavy (non-hydrogen) atoms. The van der Waals surface area contributed by atoms with Gasteiger partial charge in [-0.25, -0.2) is 9.13 Å². The largest absolute Gasteiger partial charge is 0.472 e. The summed E-state index contributed by atoms with van der Waals surface area (Å²) in [7, 11) is -9.92. The van der Waals surface area contributed by atoms with Crippen LogP contribution in [0.25, 0.3) is 0 Å². The second-order valence-electron chi connectivity index (χ2n) is 29.8. The fraction of sp³-hybridized carbons (Fsp3) is 0.950. The molecule has 0 rings (SSSR count). The van der Waals surface area contributed by atoms with Gasteiger partial charge < -0.3 is 33.8 Å². The van der Waals surface area contributed by atoms with E-state index in [1.165, 1.54) is 218 Å². The zero-order valence-corrected chi connectivity index (χ0v) is 66.8. The molecule has 0 fully saturated rings. The van der Waals surface area contributed by atoms with Crippen LogP contribution in [0.4, 0.5) is 0 Å². The van der Waals surface area contributed by atoms with Gasteiger partial charge in [-0.15, -0.1) is 0 Å². The Morgan fingerprint density at radius 2 is 0.515 bits per heavy atom. The molecule has 3 N–H and O–H groups in total. The summed E-state index contributed by atoms with van der Waals surface area (Å²) in [5.41, 5.74) is 0. The van der Waals surface area contributed by atoms with Crippen LogP contribution in [0.5, 0.6) is 0 Å². The maximum atomic E-state index is 13.1. The number of phosphoric acid groups is 2. The lowest BCUT2D eigenvalue weighted by Crippen LogP contribution is -2.30. The second-order valence-corrected chi connectivity index (χ2v) is 32.7. The first-order valence-electron chi connectivity index (χ1n) is 41.4. The maximum absolute atomic E-state index is 13.1. The Kier molecular flexibility index (Phi) is 69.0. The van der Waals surface area contributed by atoms with E-state index in [1.54, 1.807) is 0 Å². The standard InChI is InChI=1S/C80H156O17P2/c1-8-11-12-13-14-15-16-17-18-19-20-21-22-23-24-25-26-34-41-49-56-63-79(84)96-75(67-90-77(82)61-54-47-40-33-29-27-31-38-45-52-59-72(6)9-2)69-94-98(86,87)92-65-74(81)66-93-99(88,89)95-70-76(68-91-78(83)62-55-48-43-36-37-44-51-58-71(4)5)97-80(85)64-57-50-42-35-30-28-32-39-46-53-60-73(7)10-3/h71-76,81H,8-70H2,1-7H3,(H,86,87)(H,88,89)/t72?,73?,74-,75-,76-/m1/s1. The molecule has 588 valence electrons. The highest BCUT2D eigenvalue weighted by atomic mass is 31.2. The number of esters is 4. The van der Waals surface area contributed by atoms with E-state index in [4.69, 9.17) is 37.0 Å². The molecule has 0 bridgehead atoms. The van der Waals surface area contributed by atoms with Crippen molar-refractivity contribution in [2.75, 3.05) is 39.6 Å². The van der Waals surface area contributed by atoms with E-state index in [2.05, 4.69) is 48.5 Å². The minimum Gasteiger partial charge on any atom is -0.462 e. The molecule has 17 nitrogen and oxygen atoms in total. The van der Waals surface area contributed by atoms with Crippen molar-refractivity contribution in [1.82, 2.24) is 0 Å². The van der Waals surface area contributed by atoms with Crippen molar-refractivity contribution in [3.05, 3.63) is 0 Å². The van der Waals surface area contributed by atoms with Crippen LogP contribution in [0.1, 0.15) is 414 Å². The number of aliphatic hydroxyl groups is 1. The Morgan fingerprint density at radius 1 is 0.293 bits per heavy atom. The molecule has 0 amide bonds. The van der Waals surface area contributed by atoms with Crippen LogP contribution in [0.2, 0.25) is 0 Å². The van der Waals surface area contributed by atoms with E-state index < -0.39 is 97.5 Å². The molecular formula is C80H156O17P2. The highest BCUT2D eigenvalue weighted by molar-refractivity contribution is 7.47. The second kappa shape index (κ2) is 70.4. The minimum absolute atomic E-state index is 0.105. The van der Waals surface area contributed by atoms with E-state index in [9.17, 15) is 43.2 Å². The monoisotopic (exact) mass is 1450 g/mol. The summed E-state index contributed by atoms with van der Waals surface area (Å²) in [6, 6.07) is 0. The van der Waals surface area contributed by atoms with Crippen molar-refractivity contribution >= 4 is 39.5 Å². The third-order valence-corrected chi connectivity index (χ3v) is 21.3. The lowest BCUT2D eigenvalue weighted by atomic mass is 9.99. The summed E-state index contributed by atoms with van der Waals surface area (Å²) in [5, 5.41) is 10.6. The molecule has 4 unspecified atom stereocenters. The van der Waals surface area contributed by atoms with Gasteiger partial charge in [0.2, 0.25) is 0 Å². The highest BCUT2D eigenvalue weighted by Gasteiger charge is 2.30. The third-order valence-electron chi connectivity index (χ3n) is 19.4. The number of aliphatic hydroxyl groups excluding tert-OH is 1. The van der Waals surface area contributed by atoms with Crippen molar-refractivity contribution in [3.63, 3.8) is 0 Å². The van der Waals surface area contributed by atoms with Crippen molar-refractivity contribution in [3.8, 4) is 0 Å². The van der Waals surface area contributed by atoms with E-state index in [0.717, 1.165) is 108 Å². The molecule has 0 aromatic heterocycles. The molecule has 0 aliphatic carbocycles. The van der Waals surface area contributed by atoms with Gasteiger partial charge in [-0.2, -0.15) is 0 Å². The molecule has 0 aliphatic heterocycles. The molecular weight excluding hydrogens is 1290 g/mol. The molecule has 19 heteroatoms. The summed E-state index contributed by atoms with van der Waals surface area (Å²) in [6.07, 6.45) is 58.3. The van der Waals surface area contributed by atoms with Gasteiger partial charge in [-0.1, -0.05) is 363 Å². The average molecular weight is 1450 g/mol. The van der Waals surface area contributed by atoms with Gasteiger partial charge >= 0.3 is 39.5 Å². The summed E-state index contributed by atoms with van der Waals surface area (Å²) in [4.78, 5) is 73.0. The van der Waals surface area contributed by atoms with Gasteiger partial charge in [0.15, 0.2) is 12.2 Å². The van der Waals surface area contributed by atoms with Crippen LogP contribution in [-0.4, -0.2) is 96.7 Å². The van der Waals surface area contributed by atoms with Gasteiger partial charge in [0.05, 0.1) is 26.4 Å². The normalized spacial score (nSPS) is 14.5.